The Morgan fingerprint density at radius 2 is 1.79 bits per heavy atom. The Morgan fingerprint density at radius 1 is 0.929 bits per heavy atom. The molecule has 2 aromatic heterocycles. The Labute approximate surface area is 162 Å². The molecule has 0 aliphatic carbocycles. The van der Waals surface area contributed by atoms with E-state index in [0.717, 1.165) is 27.5 Å². The van der Waals surface area contributed by atoms with Gasteiger partial charge in [0.2, 0.25) is 0 Å². The Bertz CT molecular complexity index is 1140. The van der Waals surface area contributed by atoms with Crippen molar-refractivity contribution >= 4 is 21.8 Å². The molecule has 0 radical (unpaired) electrons. The number of nitrogens with two attached hydrogens (primary N) is 1. The minimum atomic E-state index is 0.403. The molecule has 4 aromatic rings. The summed E-state index contributed by atoms with van der Waals surface area (Å²) >= 11 is 0. The van der Waals surface area contributed by atoms with Crippen molar-refractivity contribution in [2.24, 2.45) is 5.73 Å². The normalized spacial score (nSPS) is 11.0. The van der Waals surface area contributed by atoms with Crippen LogP contribution >= 0.6 is 0 Å². The van der Waals surface area contributed by atoms with E-state index in [0.29, 0.717) is 36.1 Å². The number of aryl methyl sites for hydroxylation is 1. The molecule has 0 bridgehead atoms. The topological polar surface area (TPSA) is 79.5 Å². The second kappa shape index (κ2) is 7.70. The van der Waals surface area contributed by atoms with Crippen LogP contribution in [0.25, 0.3) is 21.8 Å². The Kier molecular flexibility index (Phi) is 4.95. The molecule has 0 spiro atoms. The number of nitrogens with zero attached hydrogens (tertiary/aromatic N) is 2. The standard InChI is InChI=1S/C22H21N3O3/c1-14-20(11-15-5-3-4-6-17(15)25-14)28-19-7-9-24-18-13-22(27-10-8-23)21(26-2)12-16(18)19/h3-7,9,11-13H,8,10,23H2,1-2H3. The van der Waals surface area contributed by atoms with Gasteiger partial charge in [-0.05, 0) is 31.2 Å². The summed E-state index contributed by atoms with van der Waals surface area (Å²) in [5, 5.41) is 1.85. The molecule has 2 N–H and O–H groups in total. The number of ether oxygens (including phenoxy) is 3. The zero-order chi connectivity index (χ0) is 19.5. The van der Waals surface area contributed by atoms with Crippen LogP contribution in [0.1, 0.15) is 5.69 Å². The molecule has 6 heteroatoms. The highest BCUT2D eigenvalue weighted by Crippen LogP contribution is 2.37. The van der Waals surface area contributed by atoms with Gasteiger partial charge >= 0.3 is 0 Å². The quantitative estimate of drug-likeness (QED) is 0.543. The van der Waals surface area contributed by atoms with Gasteiger partial charge in [0.05, 0.1) is 23.8 Å². The molecule has 0 aliphatic rings. The summed E-state index contributed by atoms with van der Waals surface area (Å²) < 4.78 is 17.4. The number of benzene rings is 2. The molecular formula is C22H21N3O3. The monoisotopic (exact) mass is 375 g/mol. The molecule has 0 fully saturated rings. The van der Waals surface area contributed by atoms with Crippen LogP contribution in [0, 0.1) is 6.92 Å². The first kappa shape index (κ1) is 18.0. The number of pyridine rings is 2. The van der Waals surface area contributed by atoms with Crippen LogP contribution in [-0.4, -0.2) is 30.2 Å². The highest BCUT2D eigenvalue weighted by atomic mass is 16.5. The van der Waals surface area contributed by atoms with E-state index in [1.807, 2.05) is 55.5 Å². The van der Waals surface area contributed by atoms with Gasteiger partial charge < -0.3 is 19.9 Å². The molecule has 0 saturated heterocycles. The van der Waals surface area contributed by atoms with Gasteiger partial charge in [-0.2, -0.15) is 0 Å². The maximum absolute atomic E-state index is 6.23. The van der Waals surface area contributed by atoms with E-state index in [4.69, 9.17) is 19.9 Å². The second-order valence-electron chi connectivity index (χ2n) is 6.33. The van der Waals surface area contributed by atoms with Crippen LogP contribution in [0.15, 0.2) is 54.7 Å². The number of fused-ring (bicyclic) bond motifs is 2. The van der Waals surface area contributed by atoms with Gasteiger partial charge in [0.1, 0.15) is 18.1 Å². The van der Waals surface area contributed by atoms with E-state index in [9.17, 15) is 0 Å². The SMILES string of the molecule is COc1cc2c(Oc3cc4ccccc4nc3C)ccnc2cc1OCCN. The smallest absolute Gasteiger partial charge is 0.163 e. The van der Waals surface area contributed by atoms with Crippen molar-refractivity contribution in [1.29, 1.82) is 0 Å². The summed E-state index contributed by atoms with van der Waals surface area (Å²) in [6.45, 7) is 2.76. The van der Waals surface area contributed by atoms with Crippen LogP contribution in [0.4, 0.5) is 0 Å². The van der Waals surface area contributed by atoms with Crippen molar-refractivity contribution in [2.45, 2.75) is 6.92 Å². The molecular weight excluding hydrogens is 354 g/mol. The van der Waals surface area contributed by atoms with Crippen LogP contribution in [0.5, 0.6) is 23.0 Å². The maximum atomic E-state index is 6.23. The fourth-order valence-electron chi connectivity index (χ4n) is 3.07. The lowest BCUT2D eigenvalue weighted by atomic mass is 10.1. The number of rotatable bonds is 6. The van der Waals surface area contributed by atoms with Gasteiger partial charge in [-0.15, -0.1) is 0 Å². The number of methoxy groups -OCH3 is 1. The highest BCUT2D eigenvalue weighted by molar-refractivity contribution is 5.88. The van der Waals surface area contributed by atoms with Gasteiger partial charge in [-0.25, -0.2) is 4.98 Å². The third kappa shape index (κ3) is 3.42. The Hall–Kier alpha value is -3.38. The lowest BCUT2D eigenvalue weighted by Crippen LogP contribution is -2.11. The zero-order valence-corrected chi connectivity index (χ0v) is 15.8. The predicted octanol–water partition coefficient (Wildman–Crippen LogP) is 4.23. The van der Waals surface area contributed by atoms with Crippen molar-refractivity contribution in [3.05, 3.63) is 60.4 Å². The molecule has 0 atom stereocenters. The van der Waals surface area contributed by atoms with E-state index in [1.165, 1.54) is 0 Å². The van der Waals surface area contributed by atoms with E-state index in [2.05, 4.69) is 9.97 Å². The van der Waals surface area contributed by atoms with Gasteiger partial charge in [-0.3, -0.25) is 4.98 Å². The van der Waals surface area contributed by atoms with Crippen molar-refractivity contribution < 1.29 is 14.2 Å². The molecule has 0 unspecified atom stereocenters. The molecule has 28 heavy (non-hydrogen) atoms. The van der Waals surface area contributed by atoms with Gasteiger partial charge in [0.25, 0.3) is 0 Å². The Morgan fingerprint density at radius 3 is 2.61 bits per heavy atom. The van der Waals surface area contributed by atoms with Crippen LogP contribution in [-0.2, 0) is 0 Å². The van der Waals surface area contributed by atoms with Crippen molar-refractivity contribution in [1.82, 2.24) is 9.97 Å². The summed E-state index contributed by atoms with van der Waals surface area (Å²) in [4.78, 5) is 9.07. The van der Waals surface area contributed by atoms with Crippen LogP contribution < -0.4 is 19.9 Å². The second-order valence-corrected chi connectivity index (χ2v) is 6.33. The summed E-state index contributed by atoms with van der Waals surface area (Å²) in [7, 11) is 1.60. The van der Waals surface area contributed by atoms with Crippen molar-refractivity contribution in [3.63, 3.8) is 0 Å². The number of para-hydroxylation sites is 1. The van der Waals surface area contributed by atoms with E-state index < -0.39 is 0 Å². The minimum absolute atomic E-state index is 0.403. The summed E-state index contributed by atoms with van der Waals surface area (Å²) in [5.41, 5.74) is 8.04. The number of aromatic nitrogens is 2. The number of hydrogen-bond acceptors (Lipinski definition) is 6. The van der Waals surface area contributed by atoms with Gasteiger partial charge in [-0.1, -0.05) is 18.2 Å². The van der Waals surface area contributed by atoms with Crippen molar-refractivity contribution in [2.75, 3.05) is 20.3 Å². The molecule has 142 valence electrons. The summed E-state index contributed by atoms with van der Waals surface area (Å²) in [6, 6.07) is 15.5. The molecule has 0 saturated carbocycles. The van der Waals surface area contributed by atoms with Crippen LogP contribution in [0.3, 0.4) is 0 Å². The largest absolute Gasteiger partial charge is 0.493 e. The summed E-state index contributed by atoms with van der Waals surface area (Å²) in [6.07, 6.45) is 1.71. The minimum Gasteiger partial charge on any atom is -0.493 e. The lowest BCUT2D eigenvalue weighted by molar-refractivity contribution is 0.303. The fourth-order valence-corrected chi connectivity index (χ4v) is 3.07. The molecule has 6 nitrogen and oxygen atoms in total. The van der Waals surface area contributed by atoms with E-state index in [-0.39, 0.29) is 0 Å². The number of hydrogen-bond donors (Lipinski definition) is 1. The van der Waals surface area contributed by atoms with Gasteiger partial charge in [0, 0.05) is 29.6 Å². The lowest BCUT2D eigenvalue weighted by Gasteiger charge is -2.14. The zero-order valence-electron chi connectivity index (χ0n) is 15.8. The predicted molar refractivity (Wildman–Crippen MR) is 109 cm³/mol. The first-order chi connectivity index (χ1) is 13.7. The van der Waals surface area contributed by atoms with Gasteiger partial charge in [0.15, 0.2) is 11.5 Å². The molecule has 2 heterocycles. The fraction of sp³-hybridized carbons (Fsp3) is 0.182. The first-order valence-corrected chi connectivity index (χ1v) is 9.03. The maximum Gasteiger partial charge on any atom is 0.163 e. The van der Waals surface area contributed by atoms with E-state index >= 15 is 0 Å². The molecule has 2 aromatic carbocycles. The van der Waals surface area contributed by atoms with Crippen LogP contribution in [0.2, 0.25) is 0 Å². The molecule has 0 amide bonds. The highest BCUT2D eigenvalue weighted by Gasteiger charge is 2.13. The summed E-state index contributed by atoms with van der Waals surface area (Å²) in [5.74, 6) is 2.59. The average molecular weight is 375 g/mol. The first-order valence-electron chi connectivity index (χ1n) is 9.03. The van der Waals surface area contributed by atoms with Crippen molar-refractivity contribution in [3.8, 4) is 23.0 Å². The molecule has 4 rings (SSSR count). The average Bonchev–Trinajstić information content (AvgIpc) is 2.72. The third-order valence-corrected chi connectivity index (χ3v) is 4.45. The van der Waals surface area contributed by atoms with E-state index in [1.54, 1.807) is 13.3 Å². The third-order valence-electron chi connectivity index (χ3n) is 4.45. The Balaban J connectivity index is 1.77. The molecule has 0 aliphatic heterocycles.